The molecule has 1 aliphatic carbocycles. The predicted molar refractivity (Wildman–Crippen MR) is 63.9 cm³/mol. The molecular weight excluding hydrogens is 257 g/mol. The summed E-state index contributed by atoms with van der Waals surface area (Å²) in [7, 11) is 0. The Kier molecular flexibility index (Phi) is 5.21. The number of carbonyl (C=O) groups is 1. The monoisotopic (exact) mass is 276 g/mol. The minimum absolute atomic E-state index is 0.000482. The highest BCUT2D eigenvalue weighted by molar-refractivity contribution is 5.79. The van der Waals surface area contributed by atoms with Crippen molar-refractivity contribution in [1.29, 1.82) is 5.26 Å². The lowest BCUT2D eigenvalue weighted by atomic mass is 9.78. The third-order valence-electron chi connectivity index (χ3n) is 3.63. The van der Waals surface area contributed by atoms with Crippen LogP contribution >= 0.6 is 0 Å². The number of nitrogens with one attached hydrogen (secondary N) is 1. The van der Waals surface area contributed by atoms with E-state index >= 15 is 0 Å². The van der Waals surface area contributed by atoms with E-state index in [-0.39, 0.29) is 18.8 Å². The number of hydrogen-bond donors (Lipinski definition) is 1. The molecule has 3 atom stereocenters. The SMILES string of the molecule is CC(C)C(C#N)NC(=O)C1CCCCC1C(F)(F)F. The van der Waals surface area contributed by atoms with Crippen molar-refractivity contribution in [2.45, 2.75) is 51.7 Å². The maximum atomic E-state index is 12.9. The Labute approximate surface area is 111 Å². The van der Waals surface area contributed by atoms with E-state index in [4.69, 9.17) is 5.26 Å². The second-order valence-electron chi connectivity index (χ2n) is 5.40. The van der Waals surface area contributed by atoms with Crippen molar-refractivity contribution in [3.05, 3.63) is 0 Å². The van der Waals surface area contributed by atoms with Gasteiger partial charge in [0, 0.05) is 5.92 Å². The lowest BCUT2D eigenvalue weighted by Gasteiger charge is -2.32. The van der Waals surface area contributed by atoms with Crippen LogP contribution in [0.1, 0.15) is 39.5 Å². The highest BCUT2D eigenvalue weighted by Gasteiger charge is 2.48. The van der Waals surface area contributed by atoms with Crippen molar-refractivity contribution in [2.75, 3.05) is 0 Å². The minimum atomic E-state index is -4.34. The molecule has 0 radical (unpaired) electrons. The van der Waals surface area contributed by atoms with Crippen LogP contribution in [0.3, 0.4) is 0 Å². The third kappa shape index (κ3) is 4.12. The summed E-state index contributed by atoms with van der Waals surface area (Å²) in [6.45, 7) is 3.49. The molecule has 0 heterocycles. The molecule has 0 aromatic carbocycles. The number of carbonyl (C=O) groups excluding carboxylic acids is 1. The Morgan fingerprint density at radius 1 is 1.32 bits per heavy atom. The van der Waals surface area contributed by atoms with Crippen molar-refractivity contribution in [2.24, 2.45) is 17.8 Å². The second kappa shape index (κ2) is 6.27. The van der Waals surface area contributed by atoms with Gasteiger partial charge >= 0.3 is 6.18 Å². The number of hydrogen-bond acceptors (Lipinski definition) is 2. The molecule has 0 bridgehead atoms. The zero-order chi connectivity index (χ0) is 14.6. The molecule has 1 amide bonds. The summed E-state index contributed by atoms with van der Waals surface area (Å²) in [4.78, 5) is 12.0. The summed E-state index contributed by atoms with van der Waals surface area (Å²) in [6.07, 6.45) is -2.97. The quantitative estimate of drug-likeness (QED) is 0.861. The fourth-order valence-electron chi connectivity index (χ4n) is 2.44. The van der Waals surface area contributed by atoms with Gasteiger partial charge in [0.15, 0.2) is 0 Å². The molecule has 0 aliphatic heterocycles. The minimum Gasteiger partial charge on any atom is -0.340 e. The average Bonchev–Trinajstić information content (AvgIpc) is 2.34. The molecule has 3 nitrogen and oxygen atoms in total. The summed E-state index contributed by atoms with van der Waals surface area (Å²) >= 11 is 0. The Bertz CT molecular complexity index is 360. The topological polar surface area (TPSA) is 52.9 Å². The smallest absolute Gasteiger partial charge is 0.340 e. The van der Waals surface area contributed by atoms with Gasteiger partial charge in [-0.1, -0.05) is 26.7 Å². The van der Waals surface area contributed by atoms with Crippen molar-refractivity contribution >= 4 is 5.91 Å². The molecule has 1 N–H and O–H groups in total. The Hall–Kier alpha value is -1.25. The average molecular weight is 276 g/mol. The van der Waals surface area contributed by atoms with Gasteiger partial charge in [-0.3, -0.25) is 4.79 Å². The van der Waals surface area contributed by atoms with Gasteiger partial charge in [-0.15, -0.1) is 0 Å². The van der Waals surface area contributed by atoms with Crippen LogP contribution in [-0.4, -0.2) is 18.1 Å². The zero-order valence-corrected chi connectivity index (χ0v) is 11.1. The van der Waals surface area contributed by atoms with E-state index < -0.39 is 30.0 Å². The normalized spacial score (nSPS) is 25.7. The van der Waals surface area contributed by atoms with E-state index in [1.54, 1.807) is 13.8 Å². The summed E-state index contributed by atoms with van der Waals surface area (Å²) in [5.74, 6) is -3.39. The molecule has 0 spiro atoms. The lowest BCUT2D eigenvalue weighted by molar-refractivity contribution is -0.198. The summed E-state index contributed by atoms with van der Waals surface area (Å²) in [6, 6.07) is 1.18. The fourth-order valence-corrected chi connectivity index (χ4v) is 2.44. The molecule has 1 fully saturated rings. The highest BCUT2D eigenvalue weighted by atomic mass is 19.4. The van der Waals surface area contributed by atoms with Crippen molar-refractivity contribution < 1.29 is 18.0 Å². The van der Waals surface area contributed by atoms with Gasteiger partial charge in [0.05, 0.1) is 12.0 Å². The first-order chi connectivity index (χ1) is 8.77. The zero-order valence-electron chi connectivity index (χ0n) is 11.1. The first-order valence-electron chi connectivity index (χ1n) is 6.54. The van der Waals surface area contributed by atoms with Gasteiger partial charge in [0.1, 0.15) is 6.04 Å². The molecular formula is C13H19F3N2O. The fraction of sp³-hybridized carbons (Fsp3) is 0.846. The van der Waals surface area contributed by atoms with Crippen molar-refractivity contribution in [3.8, 4) is 6.07 Å². The Balaban J connectivity index is 2.76. The Morgan fingerprint density at radius 2 is 1.89 bits per heavy atom. The van der Waals surface area contributed by atoms with Gasteiger partial charge < -0.3 is 5.32 Å². The molecule has 1 saturated carbocycles. The highest BCUT2D eigenvalue weighted by Crippen LogP contribution is 2.41. The molecule has 6 heteroatoms. The van der Waals surface area contributed by atoms with Crippen LogP contribution in [0.5, 0.6) is 0 Å². The van der Waals surface area contributed by atoms with Gasteiger partial charge in [-0.25, -0.2) is 0 Å². The van der Waals surface area contributed by atoms with Crippen LogP contribution in [0.25, 0.3) is 0 Å². The van der Waals surface area contributed by atoms with E-state index in [1.165, 1.54) is 0 Å². The lowest BCUT2D eigenvalue weighted by Crippen LogP contribution is -2.46. The molecule has 0 aromatic rings. The predicted octanol–water partition coefficient (Wildman–Crippen LogP) is 3.02. The number of alkyl halides is 3. The van der Waals surface area contributed by atoms with Gasteiger partial charge in [-0.2, -0.15) is 18.4 Å². The van der Waals surface area contributed by atoms with E-state index in [1.807, 2.05) is 6.07 Å². The van der Waals surface area contributed by atoms with Crippen LogP contribution < -0.4 is 5.32 Å². The number of halogens is 3. The van der Waals surface area contributed by atoms with E-state index in [0.717, 1.165) is 0 Å². The van der Waals surface area contributed by atoms with Crippen LogP contribution in [-0.2, 0) is 4.79 Å². The van der Waals surface area contributed by atoms with Gasteiger partial charge in [0.25, 0.3) is 0 Å². The third-order valence-corrected chi connectivity index (χ3v) is 3.63. The second-order valence-corrected chi connectivity index (χ2v) is 5.40. The van der Waals surface area contributed by atoms with Crippen molar-refractivity contribution in [1.82, 2.24) is 5.32 Å². The summed E-state index contributed by atoms with van der Waals surface area (Å²) < 4.78 is 38.7. The van der Waals surface area contributed by atoms with E-state index in [0.29, 0.717) is 12.8 Å². The molecule has 0 aromatic heterocycles. The summed E-state index contributed by atoms with van der Waals surface area (Å²) in [5.41, 5.74) is 0. The number of amides is 1. The van der Waals surface area contributed by atoms with Crippen LogP contribution in [0.2, 0.25) is 0 Å². The molecule has 0 saturated heterocycles. The van der Waals surface area contributed by atoms with Crippen LogP contribution in [0.4, 0.5) is 13.2 Å². The van der Waals surface area contributed by atoms with Gasteiger partial charge in [-0.05, 0) is 18.8 Å². The van der Waals surface area contributed by atoms with Crippen molar-refractivity contribution in [3.63, 3.8) is 0 Å². The molecule has 19 heavy (non-hydrogen) atoms. The number of nitrogens with zero attached hydrogens (tertiary/aromatic N) is 1. The first-order valence-corrected chi connectivity index (χ1v) is 6.54. The summed E-state index contributed by atoms with van der Waals surface area (Å²) in [5, 5.41) is 11.3. The van der Waals surface area contributed by atoms with E-state index in [2.05, 4.69) is 5.32 Å². The van der Waals surface area contributed by atoms with Crippen LogP contribution in [0, 0.1) is 29.1 Å². The molecule has 108 valence electrons. The van der Waals surface area contributed by atoms with E-state index in [9.17, 15) is 18.0 Å². The maximum Gasteiger partial charge on any atom is 0.392 e. The molecule has 3 unspecified atom stereocenters. The number of rotatable bonds is 3. The van der Waals surface area contributed by atoms with Gasteiger partial charge in [0.2, 0.25) is 5.91 Å². The largest absolute Gasteiger partial charge is 0.392 e. The van der Waals surface area contributed by atoms with Crippen LogP contribution in [0.15, 0.2) is 0 Å². The first kappa shape index (κ1) is 15.8. The molecule has 1 aliphatic rings. The Morgan fingerprint density at radius 3 is 2.37 bits per heavy atom. The standard InChI is InChI=1S/C13H19F3N2O/c1-8(2)11(7-17)18-12(19)9-5-3-4-6-10(9)13(14,15)16/h8-11H,3-6H2,1-2H3,(H,18,19). The molecule has 1 rings (SSSR count). The maximum absolute atomic E-state index is 12.9. The number of nitriles is 1.